The molecular formula is C27H27FN6O3. The van der Waals surface area contributed by atoms with Crippen LogP contribution in [0.3, 0.4) is 0 Å². The molecule has 5 rings (SSSR count). The van der Waals surface area contributed by atoms with Crippen LogP contribution in [0.4, 0.5) is 10.2 Å². The predicted octanol–water partition coefficient (Wildman–Crippen LogP) is 3.38. The first-order valence-corrected chi connectivity index (χ1v) is 11.9. The molecule has 0 aliphatic carbocycles. The second-order valence-corrected chi connectivity index (χ2v) is 8.58. The van der Waals surface area contributed by atoms with Crippen LogP contribution < -0.4 is 14.4 Å². The standard InChI is InChI=1S/C27H27FN6O3/c1-36-22-5-3-4-19(14-22)23-17-34(21-8-6-20(28)7-9-21)25(31-23)16-27(35)33-12-10-32(11-13-33)24-15-26(37-2)30-18-29-24/h3-9,14-15,17-18H,10-13,16H2,1-2H3. The maximum Gasteiger partial charge on any atom is 0.230 e. The average molecular weight is 503 g/mol. The summed E-state index contributed by atoms with van der Waals surface area (Å²) in [4.78, 5) is 30.4. The van der Waals surface area contributed by atoms with E-state index in [1.165, 1.54) is 18.5 Å². The fourth-order valence-corrected chi connectivity index (χ4v) is 4.34. The van der Waals surface area contributed by atoms with E-state index in [0.29, 0.717) is 49.3 Å². The Morgan fingerprint density at radius 3 is 2.49 bits per heavy atom. The van der Waals surface area contributed by atoms with E-state index in [2.05, 4.69) is 14.9 Å². The van der Waals surface area contributed by atoms with Crippen LogP contribution in [-0.2, 0) is 11.2 Å². The number of carbonyl (C=O) groups excluding carboxylic acids is 1. The highest BCUT2D eigenvalue weighted by molar-refractivity contribution is 5.79. The van der Waals surface area contributed by atoms with Gasteiger partial charge >= 0.3 is 0 Å². The third kappa shape index (κ3) is 5.37. The SMILES string of the molecule is COc1cccc(-c2cn(-c3ccc(F)cc3)c(CC(=O)N3CCN(c4cc(OC)ncn4)CC3)n2)c1. The summed E-state index contributed by atoms with van der Waals surface area (Å²) in [6, 6.07) is 15.5. The summed E-state index contributed by atoms with van der Waals surface area (Å²) >= 11 is 0. The highest BCUT2D eigenvalue weighted by Crippen LogP contribution is 2.26. The summed E-state index contributed by atoms with van der Waals surface area (Å²) in [6.07, 6.45) is 3.45. The van der Waals surface area contributed by atoms with Gasteiger partial charge in [-0.3, -0.25) is 4.79 Å². The summed E-state index contributed by atoms with van der Waals surface area (Å²) in [6.45, 7) is 2.41. The lowest BCUT2D eigenvalue weighted by molar-refractivity contribution is -0.130. The van der Waals surface area contributed by atoms with Gasteiger partial charge in [0.1, 0.15) is 29.5 Å². The number of anilines is 1. The summed E-state index contributed by atoms with van der Waals surface area (Å²) in [5.41, 5.74) is 2.30. The topological polar surface area (TPSA) is 85.6 Å². The van der Waals surface area contributed by atoms with Crippen LogP contribution in [0.25, 0.3) is 16.9 Å². The van der Waals surface area contributed by atoms with Crippen molar-refractivity contribution in [2.75, 3.05) is 45.3 Å². The Morgan fingerprint density at radius 1 is 0.973 bits per heavy atom. The molecule has 37 heavy (non-hydrogen) atoms. The number of aromatic nitrogens is 4. The number of hydrogen-bond acceptors (Lipinski definition) is 7. The highest BCUT2D eigenvalue weighted by Gasteiger charge is 2.24. The van der Waals surface area contributed by atoms with Crippen LogP contribution in [0.5, 0.6) is 11.6 Å². The van der Waals surface area contributed by atoms with Gasteiger partial charge in [-0.25, -0.2) is 19.3 Å². The van der Waals surface area contributed by atoms with Crippen LogP contribution in [0.2, 0.25) is 0 Å². The fraction of sp³-hybridized carbons (Fsp3) is 0.259. The van der Waals surface area contributed by atoms with E-state index in [-0.39, 0.29) is 18.1 Å². The third-order valence-corrected chi connectivity index (χ3v) is 6.35. The first kappa shape index (κ1) is 24.2. The Hall–Kier alpha value is -4.47. The molecule has 2 aromatic carbocycles. The van der Waals surface area contributed by atoms with Crippen molar-refractivity contribution >= 4 is 11.7 Å². The smallest absolute Gasteiger partial charge is 0.230 e. The monoisotopic (exact) mass is 502 g/mol. The molecule has 1 amide bonds. The number of ether oxygens (including phenoxy) is 2. The van der Waals surface area contributed by atoms with Gasteiger partial charge in [-0.05, 0) is 36.4 Å². The van der Waals surface area contributed by atoms with Gasteiger partial charge in [0.15, 0.2) is 0 Å². The Balaban J connectivity index is 1.35. The minimum absolute atomic E-state index is 0.0222. The van der Waals surface area contributed by atoms with Gasteiger partial charge in [-0.2, -0.15) is 0 Å². The Labute approximate surface area is 214 Å². The lowest BCUT2D eigenvalue weighted by atomic mass is 10.1. The molecule has 0 spiro atoms. The first-order valence-electron chi connectivity index (χ1n) is 11.9. The molecule has 0 unspecified atom stereocenters. The van der Waals surface area contributed by atoms with Crippen molar-refractivity contribution in [2.24, 2.45) is 0 Å². The number of rotatable bonds is 7. The van der Waals surface area contributed by atoms with Crippen molar-refractivity contribution < 1.29 is 18.7 Å². The van der Waals surface area contributed by atoms with Gasteiger partial charge in [0, 0.05) is 49.7 Å². The molecule has 0 N–H and O–H groups in total. The van der Waals surface area contributed by atoms with Gasteiger partial charge in [0.05, 0.1) is 26.3 Å². The summed E-state index contributed by atoms with van der Waals surface area (Å²) in [5.74, 6) is 2.22. The molecular weight excluding hydrogens is 475 g/mol. The quantitative estimate of drug-likeness (QED) is 0.383. The largest absolute Gasteiger partial charge is 0.497 e. The maximum absolute atomic E-state index is 13.6. The van der Waals surface area contributed by atoms with Crippen molar-refractivity contribution in [3.63, 3.8) is 0 Å². The van der Waals surface area contributed by atoms with E-state index in [1.807, 2.05) is 39.9 Å². The van der Waals surface area contributed by atoms with Crippen LogP contribution in [-0.4, -0.2) is 70.7 Å². The van der Waals surface area contributed by atoms with E-state index in [4.69, 9.17) is 14.5 Å². The Bertz CT molecular complexity index is 1380. The normalized spacial score (nSPS) is 13.5. The van der Waals surface area contributed by atoms with Crippen LogP contribution in [0.15, 0.2) is 67.1 Å². The predicted molar refractivity (Wildman–Crippen MR) is 137 cm³/mol. The summed E-state index contributed by atoms with van der Waals surface area (Å²) in [5, 5.41) is 0. The van der Waals surface area contributed by atoms with E-state index in [0.717, 1.165) is 17.1 Å². The van der Waals surface area contributed by atoms with Gasteiger partial charge in [-0.15, -0.1) is 0 Å². The lowest BCUT2D eigenvalue weighted by Crippen LogP contribution is -2.49. The Kier molecular flexibility index (Phi) is 6.98. The number of carbonyl (C=O) groups is 1. The zero-order valence-corrected chi connectivity index (χ0v) is 20.7. The average Bonchev–Trinajstić information content (AvgIpc) is 3.37. The van der Waals surface area contributed by atoms with E-state index < -0.39 is 0 Å². The lowest BCUT2D eigenvalue weighted by Gasteiger charge is -2.35. The van der Waals surface area contributed by atoms with Gasteiger partial charge in [0.25, 0.3) is 0 Å². The van der Waals surface area contributed by atoms with Crippen LogP contribution in [0, 0.1) is 5.82 Å². The number of nitrogens with zero attached hydrogens (tertiary/aromatic N) is 6. The number of imidazole rings is 1. The number of methoxy groups -OCH3 is 2. The molecule has 0 atom stereocenters. The van der Waals surface area contributed by atoms with Crippen molar-refractivity contribution in [3.8, 4) is 28.6 Å². The zero-order valence-electron chi connectivity index (χ0n) is 20.7. The fourth-order valence-electron chi connectivity index (χ4n) is 4.34. The van der Waals surface area contributed by atoms with Gasteiger partial charge < -0.3 is 23.8 Å². The molecule has 0 saturated carbocycles. The van der Waals surface area contributed by atoms with Crippen molar-refractivity contribution in [1.29, 1.82) is 0 Å². The molecule has 1 aliphatic rings. The second kappa shape index (κ2) is 10.7. The molecule has 4 aromatic rings. The minimum Gasteiger partial charge on any atom is -0.497 e. The zero-order chi connectivity index (χ0) is 25.8. The number of benzene rings is 2. The van der Waals surface area contributed by atoms with Crippen molar-refractivity contribution in [2.45, 2.75) is 6.42 Å². The second-order valence-electron chi connectivity index (χ2n) is 8.58. The van der Waals surface area contributed by atoms with E-state index in [1.54, 1.807) is 32.4 Å². The molecule has 190 valence electrons. The minimum atomic E-state index is -0.325. The molecule has 1 aliphatic heterocycles. The number of piperazine rings is 1. The summed E-state index contributed by atoms with van der Waals surface area (Å²) in [7, 11) is 3.18. The van der Waals surface area contributed by atoms with Crippen LogP contribution in [0.1, 0.15) is 5.82 Å². The van der Waals surface area contributed by atoms with Crippen LogP contribution >= 0.6 is 0 Å². The number of amides is 1. The number of hydrogen-bond donors (Lipinski definition) is 0. The highest BCUT2D eigenvalue weighted by atomic mass is 19.1. The molecule has 1 fully saturated rings. The van der Waals surface area contributed by atoms with Gasteiger partial charge in [-0.1, -0.05) is 12.1 Å². The molecule has 0 radical (unpaired) electrons. The molecule has 10 heteroatoms. The maximum atomic E-state index is 13.6. The molecule has 2 aromatic heterocycles. The molecule has 1 saturated heterocycles. The molecule has 3 heterocycles. The first-order chi connectivity index (χ1) is 18.0. The van der Waals surface area contributed by atoms with E-state index >= 15 is 0 Å². The molecule has 0 bridgehead atoms. The Morgan fingerprint density at radius 2 is 1.76 bits per heavy atom. The number of halogens is 1. The van der Waals surface area contributed by atoms with Gasteiger partial charge in [0.2, 0.25) is 11.8 Å². The molecule has 9 nitrogen and oxygen atoms in total. The third-order valence-electron chi connectivity index (χ3n) is 6.35. The van der Waals surface area contributed by atoms with Crippen molar-refractivity contribution in [3.05, 3.63) is 78.8 Å². The van der Waals surface area contributed by atoms with Crippen molar-refractivity contribution in [1.82, 2.24) is 24.4 Å². The van der Waals surface area contributed by atoms with E-state index in [9.17, 15) is 9.18 Å². The summed E-state index contributed by atoms with van der Waals surface area (Å²) < 4.78 is 26.0.